The van der Waals surface area contributed by atoms with Crippen molar-refractivity contribution in [2.45, 2.75) is 25.4 Å². The first-order valence-corrected chi connectivity index (χ1v) is 7.40. The van der Waals surface area contributed by atoms with E-state index in [4.69, 9.17) is 5.73 Å². The van der Waals surface area contributed by atoms with Crippen LogP contribution >= 0.6 is 0 Å². The lowest BCUT2D eigenvalue weighted by atomic mass is 10.2. The molecule has 1 aromatic carbocycles. The number of hydrogen-bond donors (Lipinski definition) is 2. The Bertz CT molecular complexity index is 583. The molecule has 7 heteroatoms. The van der Waals surface area contributed by atoms with Gasteiger partial charge in [-0.2, -0.15) is 0 Å². The van der Waals surface area contributed by atoms with Crippen LogP contribution in [0.2, 0.25) is 0 Å². The molecule has 3 N–H and O–H groups in total. The fraction of sp³-hybridized carbons (Fsp3) is 0.467. The largest absolute Gasteiger partial charge is 0.399 e. The molecule has 6 nitrogen and oxygen atoms in total. The maximum Gasteiger partial charge on any atom is 0.318 e. The van der Waals surface area contributed by atoms with Crippen LogP contribution in [0.15, 0.2) is 18.2 Å². The number of nitrogens with one attached hydrogen (secondary N) is 1. The van der Waals surface area contributed by atoms with E-state index in [1.165, 1.54) is 17.0 Å². The van der Waals surface area contributed by atoms with E-state index in [9.17, 15) is 14.0 Å². The van der Waals surface area contributed by atoms with E-state index in [-0.39, 0.29) is 25.0 Å². The third-order valence-electron chi connectivity index (χ3n) is 3.96. The zero-order valence-electron chi connectivity index (χ0n) is 12.2. The van der Waals surface area contributed by atoms with E-state index < -0.39 is 5.82 Å². The number of benzene rings is 1. The number of nitrogens with zero attached hydrogens (tertiary/aromatic N) is 2. The lowest BCUT2D eigenvalue weighted by molar-refractivity contribution is -0.135. The number of anilines is 1. The summed E-state index contributed by atoms with van der Waals surface area (Å²) in [6, 6.07) is 4.23. The van der Waals surface area contributed by atoms with Crippen LogP contribution in [0, 0.1) is 5.82 Å². The molecule has 1 saturated carbocycles. The molecular weight excluding hydrogens is 287 g/mol. The van der Waals surface area contributed by atoms with E-state index in [1.54, 1.807) is 6.07 Å². The summed E-state index contributed by atoms with van der Waals surface area (Å²) in [4.78, 5) is 27.4. The van der Waals surface area contributed by atoms with Gasteiger partial charge < -0.3 is 20.9 Å². The predicted molar refractivity (Wildman–Crippen MR) is 79.4 cm³/mol. The van der Waals surface area contributed by atoms with Gasteiger partial charge in [0, 0.05) is 31.4 Å². The summed E-state index contributed by atoms with van der Waals surface area (Å²) in [5, 5.41) is 2.70. The fourth-order valence-corrected chi connectivity index (χ4v) is 2.70. The van der Waals surface area contributed by atoms with Crippen LogP contribution in [0.4, 0.5) is 14.9 Å². The fourth-order valence-electron chi connectivity index (χ4n) is 2.70. The molecule has 0 bridgehead atoms. The lowest BCUT2D eigenvalue weighted by Crippen LogP contribution is -2.55. The van der Waals surface area contributed by atoms with Crippen molar-refractivity contribution in [2.75, 3.05) is 25.4 Å². The molecule has 0 spiro atoms. The Hall–Kier alpha value is -2.31. The molecule has 1 saturated heterocycles. The third-order valence-corrected chi connectivity index (χ3v) is 3.96. The van der Waals surface area contributed by atoms with E-state index in [1.807, 2.05) is 4.90 Å². The number of nitrogen functional groups attached to an aromatic ring is 1. The summed E-state index contributed by atoms with van der Waals surface area (Å²) >= 11 is 0. The molecule has 2 fully saturated rings. The summed E-state index contributed by atoms with van der Waals surface area (Å²) < 4.78 is 13.2. The second-order valence-electron chi connectivity index (χ2n) is 5.79. The number of halogens is 1. The molecule has 22 heavy (non-hydrogen) atoms. The molecule has 2 aliphatic rings. The van der Waals surface area contributed by atoms with Gasteiger partial charge in [0.2, 0.25) is 5.91 Å². The van der Waals surface area contributed by atoms with Gasteiger partial charge in [0.25, 0.3) is 0 Å². The third kappa shape index (κ3) is 3.29. The Labute approximate surface area is 128 Å². The second kappa shape index (κ2) is 5.82. The van der Waals surface area contributed by atoms with Gasteiger partial charge >= 0.3 is 6.03 Å². The number of carbonyl (C=O) groups excluding carboxylic acids is 2. The summed E-state index contributed by atoms with van der Waals surface area (Å²) in [6.07, 6.45) is 2.14. The minimum absolute atomic E-state index is 0.00102. The first-order chi connectivity index (χ1) is 10.5. The van der Waals surface area contributed by atoms with Crippen LogP contribution in [0.5, 0.6) is 0 Å². The Morgan fingerprint density at radius 1 is 1.32 bits per heavy atom. The monoisotopic (exact) mass is 306 g/mol. The van der Waals surface area contributed by atoms with Gasteiger partial charge in [-0.05, 0) is 36.6 Å². The van der Waals surface area contributed by atoms with Crippen molar-refractivity contribution < 1.29 is 14.0 Å². The smallest absolute Gasteiger partial charge is 0.318 e. The van der Waals surface area contributed by atoms with E-state index >= 15 is 0 Å². The normalized spacial score (nSPS) is 18.5. The highest BCUT2D eigenvalue weighted by Gasteiger charge is 2.36. The van der Waals surface area contributed by atoms with E-state index in [2.05, 4.69) is 5.32 Å². The van der Waals surface area contributed by atoms with E-state index in [0.717, 1.165) is 12.8 Å². The highest BCUT2D eigenvalue weighted by atomic mass is 19.1. The topological polar surface area (TPSA) is 78.7 Å². The number of piperazine rings is 1. The zero-order valence-corrected chi connectivity index (χ0v) is 12.2. The van der Waals surface area contributed by atoms with Gasteiger partial charge in [-0.1, -0.05) is 0 Å². The first-order valence-electron chi connectivity index (χ1n) is 7.40. The lowest BCUT2D eigenvalue weighted by Gasteiger charge is -2.34. The average molecular weight is 306 g/mol. The van der Waals surface area contributed by atoms with Crippen LogP contribution < -0.4 is 11.1 Å². The SMILES string of the molecule is Nc1cc(F)cc(CNC(=O)N2CCN(C3CC3)C(=O)C2)c1. The summed E-state index contributed by atoms with van der Waals surface area (Å²) in [5.74, 6) is -0.434. The summed E-state index contributed by atoms with van der Waals surface area (Å²) in [7, 11) is 0. The number of rotatable bonds is 3. The molecular formula is C15H19FN4O2. The molecule has 0 atom stereocenters. The first kappa shape index (κ1) is 14.6. The Morgan fingerprint density at radius 3 is 2.73 bits per heavy atom. The number of amides is 3. The standard InChI is InChI=1S/C15H19FN4O2/c16-11-5-10(6-12(17)7-11)8-18-15(22)19-3-4-20(13-1-2-13)14(21)9-19/h5-7,13H,1-4,8-9,17H2,(H,18,22). The van der Waals surface area contributed by atoms with Gasteiger partial charge in [0.15, 0.2) is 0 Å². The minimum Gasteiger partial charge on any atom is -0.399 e. The Balaban J connectivity index is 1.52. The molecule has 1 aliphatic carbocycles. The van der Waals surface area contributed by atoms with Crippen molar-refractivity contribution in [2.24, 2.45) is 0 Å². The molecule has 0 aromatic heterocycles. The van der Waals surface area contributed by atoms with Crippen LogP contribution in [0.1, 0.15) is 18.4 Å². The molecule has 118 valence electrons. The number of nitrogens with two attached hydrogens (primary N) is 1. The Morgan fingerprint density at radius 2 is 2.09 bits per heavy atom. The molecule has 0 radical (unpaired) electrons. The Kier molecular flexibility index (Phi) is 3.87. The van der Waals surface area contributed by atoms with Crippen molar-refractivity contribution in [1.29, 1.82) is 0 Å². The number of urea groups is 1. The maximum atomic E-state index is 13.2. The van der Waals surface area contributed by atoms with Gasteiger partial charge in [-0.3, -0.25) is 4.79 Å². The second-order valence-corrected chi connectivity index (χ2v) is 5.79. The van der Waals surface area contributed by atoms with Gasteiger partial charge in [0.05, 0.1) is 0 Å². The quantitative estimate of drug-likeness (QED) is 0.815. The van der Waals surface area contributed by atoms with Gasteiger partial charge in [-0.25, -0.2) is 9.18 Å². The van der Waals surface area contributed by atoms with Crippen molar-refractivity contribution >= 4 is 17.6 Å². The van der Waals surface area contributed by atoms with Crippen LogP contribution in [-0.4, -0.2) is 47.4 Å². The van der Waals surface area contributed by atoms with E-state index in [0.29, 0.717) is 30.4 Å². The molecule has 1 aromatic rings. The minimum atomic E-state index is -0.433. The zero-order chi connectivity index (χ0) is 15.7. The highest BCUT2D eigenvalue weighted by Crippen LogP contribution is 2.28. The molecule has 0 unspecified atom stereocenters. The van der Waals surface area contributed by atoms with Crippen LogP contribution in [-0.2, 0) is 11.3 Å². The van der Waals surface area contributed by atoms with Gasteiger partial charge in [0.1, 0.15) is 12.4 Å². The molecule has 3 amide bonds. The predicted octanol–water partition coefficient (Wildman–Crippen LogP) is 0.924. The van der Waals surface area contributed by atoms with Gasteiger partial charge in [-0.15, -0.1) is 0 Å². The van der Waals surface area contributed by atoms with Crippen LogP contribution in [0.25, 0.3) is 0 Å². The molecule has 1 heterocycles. The van der Waals surface area contributed by atoms with Crippen molar-refractivity contribution in [1.82, 2.24) is 15.1 Å². The maximum absolute atomic E-state index is 13.2. The van der Waals surface area contributed by atoms with Crippen molar-refractivity contribution in [3.05, 3.63) is 29.6 Å². The average Bonchev–Trinajstić information content (AvgIpc) is 3.28. The highest BCUT2D eigenvalue weighted by molar-refractivity contribution is 5.85. The van der Waals surface area contributed by atoms with Crippen molar-refractivity contribution in [3.8, 4) is 0 Å². The summed E-state index contributed by atoms with van der Waals surface area (Å²) in [5.41, 5.74) is 6.47. The van der Waals surface area contributed by atoms with Crippen LogP contribution in [0.3, 0.4) is 0 Å². The molecule has 1 aliphatic heterocycles. The number of hydrogen-bond acceptors (Lipinski definition) is 3. The number of carbonyl (C=O) groups is 2. The summed E-state index contributed by atoms with van der Waals surface area (Å²) in [6.45, 7) is 1.40. The molecule has 3 rings (SSSR count). The van der Waals surface area contributed by atoms with Crippen molar-refractivity contribution in [3.63, 3.8) is 0 Å².